The molecule has 3 heteroatoms. The van der Waals surface area contributed by atoms with E-state index in [-0.39, 0.29) is 0 Å². The Balaban J connectivity index is 2.16. The van der Waals surface area contributed by atoms with E-state index in [4.69, 9.17) is 0 Å². The lowest BCUT2D eigenvalue weighted by Gasteiger charge is -2.16. The van der Waals surface area contributed by atoms with Gasteiger partial charge < -0.3 is 4.90 Å². The van der Waals surface area contributed by atoms with Crippen molar-refractivity contribution in [1.82, 2.24) is 9.97 Å². The summed E-state index contributed by atoms with van der Waals surface area (Å²) >= 11 is 0. The molecule has 1 rings (SSSR count). The van der Waals surface area contributed by atoms with Gasteiger partial charge in [0.15, 0.2) is 0 Å². The van der Waals surface area contributed by atoms with E-state index in [0.29, 0.717) is 0 Å². The van der Waals surface area contributed by atoms with Crippen LogP contribution in [0.3, 0.4) is 0 Å². The van der Waals surface area contributed by atoms with Crippen LogP contribution in [-0.2, 0) is 0 Å². The summed E-state index contributed by atoms with van der Waals surface area (Å²) in [6, 6.07) is 0. The Morgan fingerprint density at radius 3 is 2.60 bits per heavy atom. The van der Waals surface area contributed by atoms with Crippen molar-refractivity contribution in [2.75, 3.05) is 18.5 Å². The first-order valence-corrected chi connectivity index (χ1v) is 5.81. The van der Waals surface area contributed by atoms with Gasteiger partial charge in [0.25, 0.3) is 0 Å². The predicted octanol–water partition coefficient (Wildman–Crippen LogP) is 2.88. The molecule has 0 saturated heterocycles. The van der Waals surface area contributed by atoms with Crippen LogP contribution < -0.4 is 4.90 Å². The van der Waals surface area contributed by atoms with Crippen molar-refractivity contribution < 1.29 is 0 Å². The van der Waals surface area contributed by atoms with E-state index < -0.39 is 0 Å². The van der Waals surface area contributed by atoms with E-state index >= 15 is 0 Å². The van der Waals surface area contributed by atoms with Crippen LogP contribution in [0.2, 0.25) is 0 Å². The Labute approximate surface area is 92.6 Å². The van der Waals surface area contributed by atoms with Gasteiger partial charge in [-0.1, -0.05) is 32.6 Å². The molecule has 0 spiro atoms. The Hall–Kier alpha value is -1.12. The first kappa shape index (κ1) is 12.0. The molecular weight excluding hydrogens is 186 g/mol. The summed E-state index contributed by atoms with van der Waals surface area (Å²) in [7, 11) is 2.07. The minimum absolute atomic E-state index is 0.966. The standard InChI is InChI=1S/C12H21N3/c1-3-4-5-6-7-10-15(2)12-11-13-8-9-14-12/h8-9,11H,3-7,10H2,1-2H3. The van der Waals surface area contributed by atoms with Gasteiger partial charge in [-0.25, -0.2) is 4.98 Å². The average Bonchev–Trinajstić information content (AvgIpc) is 2.30. The summed E-state index contributed by atoms with van der Waals surface area (Å²) in [6.45, 7) is 3.31. The minimum atomic E-state index is 0.966. The number of nitrogens with zero attached hydrogens (tertiary/aromatic N) is 3. The monoisotopic (exact) mass is 207 g/mol. The van der Waals surface area contributed by atoms with Crippen molar-refractivity contribution >= 4 is 5.82 Å². The Kier molecular flexibility index (Phi) is 5.74. The quantitative estimate of drug-likeness (QED) is 0.644. The molecule has 0 fully saturated rings. The highest BCUT2D eigenvalue weighted by Crippen LogP contribution is 2.08. The van der Waals surface area contributed by atoms with Crippen LogP contribution in [0.1, 0.15) is 39.0 Å². The molecule has 0 aliphatic rings. The van der Waals surface area contributed by atoms with E-state index in [1.54, 1.807) is 12.4 Å². The van der Waals surface area contributed by atoms with Gasteiger partial charge in [0, 0.05) is 26.0 Å². The molecule has 0 bridgehead atoms. The minimum Gasteiger partial charge on any atom is -0.358 e. The predicted molar refractivity (Wildman–Crippen MR) is 64.1 cm³/mol. The van der Waals surface area contributed by atoms with Crippen molar-refractivity contribution in [3.63, 3.8) is 0 Å². The van der Waals surface area contributed by atoms with Crippen molar-refractivity contribution in [3.05, 3.63) is 18.6 Å². The van der Waals surface area contributed by atoms with Crippen molar-refractivity contribution in [2.45, 2.75) is 39.0 Å². The lowest BCUT2D eigenvalue weighted by atomic mass is 10.1. The maximum Gasteiger partial charge on any atom is 0.146 e. The number of unbranched alkanes of at least 4 members (excludes halogenated alkanes) is 4. The first-order chi connectivity index (χ1) is 7.34. The van der Waals surface area contributed by atoms with Crippen LogP contribution in [0.25, 0.3) is 0 Å². The fraction of sp³-hybridized carbons (Fsp3) is 0.667. The summed E-state index contributed by atoms with van der Waals surface area (Å²) < 4.78 is 0. The Morgan fingerprint density at radius 1 is 1.13 bits per heavy atom. The number of anilines is 1. The van der Waals surface area contributed by atoms with E-state index in [1.807, 2.05) is 6.20 Å². The van der Waals surface area contributed by atoms with Gasteiger partial charge in [0.05, 0.1) is 6.20 Å². The molecule has 1 heterocycles. The second-order valence-corrected chi connectivity index (χ2v) is 3.90. The second-order valence-electron chi connectivity index (χ2n) is 3.90. The van der Waals surface area contributed by atoms with Gasteiger partial charge in [0.1, 0.15) is 5.82 Å². The molecule has 84 valence electrons. The van der Waals surface area contributed by atoms with Crippen LogP contribution in [0.15, 0.2) is 18.6 Å². The molecule has 0 amide bonds. The highest BCUT2D eigenvalue weighted by Gasteiger charge is 2.00. The van der Waals surface area contributed by atoms with Gasteiger partial charge in [0.2, 0.25) is 0 Å². The molecule has 3 nitrogen and oxygen atoms in total. The Morgan fingerprint density at radius 2 is 1.93 bits per heavy atom. The molecule has 0 unspecified atom stereocenters. The van der Waals surface area contributed by atoms with Gasteiger partial charge in [-0.15, -0.1) is 0 Å². The third-order valence-corrected chi connectivity index (χ3v) is 2.54. The fourth-order valence-electron chi connectivity index (χ4n) is 1.56. The zero-order valence-electron chi connectivity index (χ0n) is 9.82. The Bertz CT molecular complexity index is 248. The zero-order chi connectivity index (χ0) is 10.9. The maximum absolute atomic E-state index is 4.26. The highest BCUT2D eigenvalue weighted by molar-refractivity contribution is 5.33. The maximum atomic E-state index is 4.26. The third kappa shape index (κ3) is 4.77. The zero-order valence-corrected chi connectivity index (χ0v) is 9.82. The first-order valence-electron chi connectivity index (χ1n) is 5.81. The highest BCUT2D eigenvalue weighted by atomic mass is 15.2. The summed E-state index contributed by atoms with van der Waals surface area (Å²) in [5.41, 5.74) is 0. The van der Waals surface area contributed by atoms with Gasteiger partial charge in [-0.2, -0.15) is 0 Å². The normalized spacial score (nSPS) is 10.3. The van der Waals surface area contributed by atoms with Gasteiger partial charge >= 0.3 is 0 Å². The van der Waals surface area contributed by atoms with E-state index in [2.05, 4.69) is 28.8 Å². The molecule has 15 heavy (non-hydrogen) atoms. The molecule has 0 aliphatic heterocycles. The largest absolute Gasteiger partial charge is 0.358 e. The smallest absolute Gasteiger partial charge is 0.146 e. The van der Waals surface area contributed by atoms with Crippen LogP contribution in [0, 0.1) is 0 Å². The number of hydrogen-bond donors (Lipinski definition) is 0. The van der Waals surface area contributed by atoms with Gasteiger partial charge in [-0.05, 0) is 6.42 Å². The third-order valence-electron chi connectivity index (χ3n) is 2.54. The fourth-order valence-corrected chi connectivity index (χ4v) is 1.56. The molecule has 1 aromatic heterocycles. The summed E-state index contributed by atoms with van der Waals surface area (Å²) in [5.74, 6) is 0.966. The van der Waals surface area contributed by atoms with Gasteiger partial charge in [-0.3, -0.25) is 4.98 Å². The van der Waals surface area contributed by atoms with E-state index in [9.17, 15) is 0 Å². The summed E-state index contributed by atoms with van der Waals surface area (Å²) in [5, 5.41) is 0. The summed E-state index contributed by atoms with van der Waals surface area (Å²) in [4.78, 5) is 10.5. The van der Waals surface area contributed by atoms with Crippen LogP contribution in [0.4, 0.5) is 5.82 Å². The SMILES string of the molecule is CCCCCCCN(C)c1cnccn1. The number of aromatic nitrogens is 2. The van der Waals surface area contributed by atoms with Crippen LogP contribution in [0.5, 0.6) is 0 Å². The lowest BCUT2D eigenvalue weighted by molar-refractivity contribution is 0.628. The molecule has 0 aliphatic carbocycles. The second kappa shape index (κ2) is 7.21. The molecule has 0 atom stereocenters. The van der Waals surface area contributed by atoms with Crippen LogP contribution in [-0.4, -0.2) is 23.6 Å². The van der Waals surface area contributed by atoms with Crippen molar-refractivity contribution in [3.8, 4) is 0 Å². The molecule has 0 saturated carbocycles. The average molecular weight is 207 g/mol. The number of rotatable bonds is 7. The van der Waals surface area contributed by atoms with E-state index in [1.165, 1.54) is 32.1 Å². The van der Waals surface area contributed by atoms with Crippen molar-refractivity contribution in [1.29, 1.82) is 0 Å². The topological polar surface area (TPSA) is 29.0 Å². The molecular formula is C12H21N3. The molecule has 0 N–H and O–H groups in total. The van der Waals surface area contributed by atoms with E-state index in [0.717, 1.165) is 12.4 Å². The van der Waals surface area contributed by atoms with Crippen molar-refractivity contribution in [2.24, 2.45) is 0 Å². The number of hydrogen-bond acceptors (Lipinski definition) is 3. The molecule has 0 radical (unpaired) electrons. The summed E-state index contributed by atoms with van der Waals surface area (Å²) in [6.07, 6.45) is 11.8. The molecule has 1 aromatic rings. The molecule has 0 aromatic carbocycles. The van der Waals surface area contributed by atoms with Crippen LogP contribution >= 0.6 is 0 Å². The lowest BCUT2D eigenvalue weighted by Crippen LogP contribution is -2.19.